The molecule has 0 aliphatic carbocycles. The lowest BCUT2D eigenvalue weighted by Crippen LogP contribution is -2.67. The summed E-state index contributed by atoms with van der Waals surface area (Å²) < 4.78 is 12.1. The molecule has 0 aliphatic rings. The largest absolute Gasteiger partial charge is 0.453 e. The van der Waals surface area contributed by atoms with Gasteiger partial charge in [-0.15, -0.1) is 0 Å². The zero-order valence-corrected chi connectivity index (χ0v) is 21.8. The van der Waals surface area contributed by atoms with E-state index in [1.54, 1.807) is 0 Å². The monoisotopic (exact) mass is 483 g/mol. The maximum atomic E-state index is 12.4. The Hall–Kier alpha value is -3.41. The van der Waals surface area contributed by atoms with Crippen molar-refractivity contribution in [2.75, 3.05) is 13.7 Å². The topological polar surface area (TPSA) is 47.6 Å². The van der Waals surface area contributed by atoms with Gasteiger partial charge in [-0.2, -0.15) is 0 Å². The average molecular weight is 484 g/mol. The van der Waals surface area contributed by atoms with Crippen molar-refractivity contribution in [2.24, 2.45) is 0 Å². The van der Waals surface area contributed by atoms with Gasteiger partial charge in [0, 0.05) is 0 Å². The van der Waals surface area contributed by atoms with Gasteiger partial charge in [-0.1, -0.05) is 124 Å². The number of carbonyl (C=O) groups excluding carboxylic acids is 1. The van der Waals surface area contributed by atoms with Crippen molar-refractivity contribution < 1.29 is 14.0 Å². The highest BCUT2D eigenvalue weighted by molar-refractivity contribution is 6.99. The van der Waals surface area contributed by atoms with Crippen LogP contribution in [0.25, 0.3) is 10.8 Å². The van der Waals surface area contributed by atoms with E-state index >= 15 is 0 Å². The third-order valence-corrected chi connectivity index (χ3v) is 11.6. The molecule has 0 fully saturated rings. The molecule has 0 unspecified atom stereocenters. The molecule has 0 aromatic heterocycles. The second-order valence-corrected chi connectivity index (χ2v) is 14.0. The predicted octanol–water partition coefficient (Wildman–Crippen LogP) is 5.81. The second-order valence-electron chi connectivity index (χ2n) is 9.73. The van der Waals surface area contributed by atoms with E-state index in [2.05, 4.69) is 98.9 Å². The smallest absolute Gasteiger partial charge is 0.407 e. The van der Waals surface area contributed by atoms with Crippen LogP contribution in [-0.4, -0.2) is 28.1 Å². The van der Waals surface area contributed by atoms with Crippen LogP contribution < -0.4 is 15.7 Å². The fourth-order valence-electron chi connectivity index (χ4n) is 4.93. The first-order chi connectivity index (χ1) is 16.9. The van der Waals surface area contributed by atoms with Crippen molar-refractivity contribution in [3.8, 4) is 0 Å². The van der Waals surface area contributed by atoms with E-state index in [1.165, 1.54) is 17.5 Å². The van der Waals surface area contributed by atoms with Gasteiger partial charge in [0.05, 0.1) is 19.8 Å². The number of hydrogen-bond acceptors (Lipinski definition) is 3. The lowest BCUT2D eigenvalue weighted by Gasteiger charge is -2.43. The summed E-state index contributed by atoms with van der Waals surface area (Å²) in [5, 5.41) is 7.48. The lowest BCUT2D eigenvalue weighted by molar-refractivity contribution is 0.159. The SMILES string of the molecule is COC(=O)N[C@H](CO[Si](c1ccccc1)(c1ccccc1)C(C)(C)C)c1cccc2ccccc12. The molecule has 0 saturated carbocycles. The fourth-order valence-corrected chi connectivity index (χ4v) is 9.51. The molecule has 4 rings (SSSR count). The first kappa shape index (κ1) is 24.7. The van der Waals surface area contributed by atoms with Crippen molar-refractivity contribution >= 4 is 35.6 Å². The third kappa shape index (κ3) is 5.02. The number of nitrogens with one attached hydrogen (secondary N) is 1. The van der Waals surface area contributed by atoms with E-state index in [-0.39, 0.29) is 11.1 Å². The second kappa shape index (κ2) is 10.5. The molecule has 35 heavy (non-hydrogen) atoms. The van der Waals surface area contributed by atoms with Crippen LogP contribution in [0.5, 0.6) is 0 Å². The van der Waals surface area contributed by atoms with Crippen LogP contribution in [0.1, 0.15) is 32.4 Å². The van der Waals surface area contributed by atoms with Crippen LogP contribution in [0.15, 0.2) is 103 Å². The van der Waals surface area contributed by atoms with Gasteiger partial charge in [-0.25, -0.2) is 4.79 Å². The Morgan fingerprint density at radius 1 is 0.800 bits per heavy atom. The molecule has 180 valence electrons. The van der Waals surface area contributed by atoms with Gasteiger partial charge >= 0.3 is 6.09 Å². The standard InChI is InChI=1S/C30H33NO3Si/c1-30(2,3)35(24-16-7-5-8-17-24,25-18-9-6-10-19-25)34-22-28(31-29(32)33-4)27-21-13-15-23-14-11-12-20-26(23)27/h5-21,28H,22H2,1-4H3,(H,31,32)/t28-/m1/s1. The van der Waals surface area contributed by atoms with Crippen LogP contribution in [0, 0.1) is 0 Å². The van der Waals surface area contributed by atoms with E-state index in [9.17, 15) is 4.79 Å². The highest BCUT2D eigenvalue weighted by atomic mass is 28.4. The Balaban J connectivity index is 1.82. The van der Waals surface area contributed by atoms with Gasteiger partial charge in [0.25, 0.3) is 8.32 Å². The van der Waals surface area contributed by atoms with E-state index in [4.69, 9.17) is 9.16 Å². The Morgan fingerprint density at radius 2 is 1.34 bits per heavy atom. The highest BCUT2D eigenvalue weighted by Crippen LogP contribution is 2.37. The Labute approximate surface area is 209 Å². The third-order valence-electron chi connectivity index (χ3n) is 6.56. The highest BCUT2D eigenvalue weighted by Gasteiger charge is 2.50. The molecule has 0 saturated heterocycles. The molecule has 0 bridgehead atoms. The lowest BCUT2D eigenvalue weighted by atomic mass is 9.99. The molecule has 4 aromatic rings. The maximum Gasteiger partial charge on any atom is 0.407 e. The zero-order valence-electron chi connectivity index (χ0n) is 20.8. The summed E-state index contributed by atoms with van der Waals surface area (Å²) in [6, 6.07) is 35.0. The number of amides is 1. The van der Waals surface area contributed by atoms with Crippen LogP contribution in [-0.2, 0) is 9.16 Å². The number of rotatable bonds is 7. The molecule has 0 heterocycles. The van der Waals surface area contributed by atoms with E-state index in [0.29, 0.717) is 6.61 Å². The Kier molecular flexibility index (Phi) is 7.38. The summed E-state index contributed by atoms with van der Waals surface area (Å²) in [5.74, 6) is 0. The van der Waals surface area contributed by atoms with E-state index < -0.39 is 14.4 Å². The average Bonchev–Trinajstić information content (AvgIpc) is 2.88. The summed E-state index contributed by atoms with van der Waals surface area (Å²) in [5.41, 5.74) is 1.01. The van der Waals surface area contributed by atoms with Crippen LogP contribution >= 0.6 is 0 Å². The van der Waals surface area contributed by atoms with Gasteiger partial charge in [0.15, 0.2) is 0 Å². The quantitative estimate of drug-likeness (QED) is 0.337. The fraction of sp³-hybridized carbons (Fsp3) is 0.233. The maximum absolute atomic E-state index is 12.4. The molecule has 4 nitrogen and oxygen atoms in total. The summed E-state index contributed by atoms with van der Waals surface area (Å²) in [6.45, 7) is 7.07. The molecule has 1 atom stereocenters. The van der Waals surface area contributed by atoms with Crippen molar-refractivity contribution in [3.05, 3.63) is 109 Å². The van der Waals surface area contributed by atoms with Crippen LogP contribution in [0.2, 0.25) is 5.04 Å². The van der Waals surface area contributed by atoms with E-state index in [1.807, 2.05) is 30.3 Å². The van der Waals surface area contributed by atoms with Crippen molar-refractivity contribution in [2.45, 2.75) is 31.9 Å². The van der Waals surface area contributed by atoms with Crippen LogP contribution in [0.3, 0.4) is 0 Å². The summed E-state index contributed by atoms with van der Waals surface area (Å²) in [7, 11) is -1.38. The number of hydrogen-bond donors (Lipinski definition) is 1. The minimum Gasteiger partial charge on any atom is -0.453 e. The number of carbonyl (C=O) groups is 1. The number of benzene rings is 4. The van der Waals surface area contributed by atoms with Crippen LogP contribution in [0.4, 0.5) is 4.79 Å². The minimum absolute atomic E-state index is 0.162. The molecule has 5 heteroatoms. The van der Waals surface area contributed by atoms with Gasteiger partial charge in [0.1, 0.15) is 0 Å². The van der Waals surface area contributed by atoms with E-state index in [0.717, 1.165) is 16.3 Å². The van der Waals surface area contributed by atoms with Crippen molar-refractivity contribution in [1.82, 2.24) is 5.32 Å². The Bertz CT molecular complexity index is 1220. The molecule has 0 radical (unpaired) electrons. The molecule has 0 spiro atoms. The van der Waals surface area contributed by atoms with Crippen molar-refractivity contribution in [3.63, 3.8) is 0 Å². The molecule has 0 aliphatic heterocycles. The van der Waals surface area contributed by atoms with Crippen molar-refractivity contribution in [1.29, 1.82) is 0 Å². The first-order valence-electron chi connectivity index (χ1n) is 11.9. The number of fused-ring (bicyclic) bond motifs is 1. The first-order valence-corrected chi connectivity index (χ1v) is 13.8. The zero-order chi connectivity index (χ0) is 24.9. The molecule has 1 amide bonds. The molecule has 1 N–H and O–H groups in total. The minimum atomic E-state index is -2.77. The molecular weight excluding hydrogens is 450 g/mol. The number of alkyl carbamates (subject to hydrolysis) is 1. The summed E-state index contributed by atoms with van der Waals surface area (Å²) >= 11 is 0. The number of methoxy groups -OCH3 is 1. The van der Waals surface area contributed by atoms with Gasteiger partial charge in [-0.05, 0) is 31.7 Å². The van der Waals surface area contributed by atoms with Gasteiger partial charge in [0.2, 0.25) is 0 Å². The van der Waals surface area contributed by atoms with Gasteiger partial charge in [-0.3, -0.25) is 0 Å². The molecular formula is C30H33NO3Si. The predicted molar refractivity (Wildman–Crippen MR) is 146 cm³/mol. The summed E-state index contributed by atoms with van der Waals surface area (Å²) in [6.07, 6.45) is -0.478. The number of ether oxygens (including phenoxy) is 1. The van der Waals surface area contributed by atoms with Gasteiger partial charge < -0.3 is 14.5 Å². The summed E-state index contributed by atoms with van der Waals surface area (Å²) in [4.78, 5) is 12.4. The Morgan fingerprint density at radius 3 is 1.91 bits per heavy atom. The molecule has 4 aromatic carbocycles. The normalized spacial score (nSPS) is 12.8.